The standard InChI is InChI=1S/C26H39N7S/c1-18-12-14-33(31-18)24-11-10-22(20(3)28-6)25(30-24)32-17-21(15-26(32,4)5)9-7-8-13-29-16-23(34)19(2)27/h10-12,14,16,21,27-29,34H,3,7-9,13,15,17H2,1-2,4-6H3/b23-16+,27-19?. The van der Waals surface area contributed by atoms with E-state index in [1.165, 1.54) is 6.42 Å². The molecule has 3 heterocycles. The number of anilines is 1. The molecular formula is C26H39N7S. The van der Waals surface area contributed by atoms with E-state index in [0.717, 1.165) is 60.9 Å². The molecule has 7 nitrogen and oxygen atoms in total. The van der Waals surface area contributed by atoms with Gasteiger partial charge in [0, 0.05) is 60.0 Å². The zero-order valence-electron chi connectivity index (χ0n) is 21.1. The van der Waals surface area contributed by atoms with Gasteiger partial charge in [-0.2, -0.15) is 5.10 Å². The van der Waals surface area contributed by atoms with E-state index in [0.29, 0.717) is 16.5 Å². The summed E-state index contributed by atoms with van der Waals surface area (Å²) in [4.78, 5) is 8.22. The molecule has 8 heteroatoms. The van der Waals surface area contributed by atoms with E-state index >= 15 is 0 Å². The van der Waals surface area contributed by atoms with E-state index in [2.05, 4.69) is 59.8 Å². The molecule has 184 valence electrons. The molecule has 2 aromatic heterocycles. The Balaban J connectivity index is 1.71. The predicted octanol–water partition coefficient (Wildman–Crippen LogP) is 4.94. The van der Waals surface area contributed by atoms with Crippen LogP contribution in [-0.2, 0) is 0 Å². The molecule has 1 saturated heterocycles. The highest BCUT2D eigenvalue weighted by atomic mass is 32.1. The van der Waals surface area contributed by atoms with Crippen LogP contribution in [0.3, 0.4) is 0 Å². The third-order valence-corrected chi connectivity index (χ3v) is 6.93. The van der Waals surface area contributed by atoms with Crippen molar-refractivity contribution in [2.75, 3.05) is 25.0 Å². The molecule has 0 spiro atoms. The van der Waals surface area contributed by atoms with Gasteiger partial charge in [0.05, 0.1) is 5.69 Å². The fourth-order valence-corrected chi connectivity index (χ4v) is 4.67. The molecule has 34 heavy (non-hydrogen) atoms. The Morgan fingerprint density at radius 1 is 1.32 bits per heavy atom. The molecule has 1 aliphatic rings. The molecule has 1 aliphatic heterocycles. The molecule has 1 atom stereocenters. The summed E-state index contributed by atoms with van der Waals surface area (Å²) in [5.41, 5.74) is 3.35. The number of aromatic nitrogens is 3. The van der Waals surface area contributed by atoms with E-state index in [-0.39, 0.29) is 5.54 Å². The highest BCUT2D eigenvalue weighted by Crippen LogP contribution is 2.40. The van der Waals surface area contributed by atoms with Gasteiger partial charge < -0.3 is 20.9 Å². The second-order valence-electron chi connectivity index (χ2n) is 9.77. The summed E-state index contributed by atoms with van der Waals surface area (Å²) in [6, 6.07) is 6.10. The van der Waals surface area contributed by atoms with Gasteiger partial charge in [-0.25, -0.2) is 9.67 Å². The lowest BCUT2D eigenvalue weighted by Gasteiger charge is -2.34. The minimum absolute atomic E-state index is 0.00248. The number of thiol groups is 1. The highest BCUT2D eigenvalue weighted by Gasteiger charge is 2.40. The van der Waals surface area contributed by atoms with Crippen molar-refractivity contribution in [3.8, 4) is 5.82 Å². The lowest BCUT2D eigenvalue weighted by molar-refractivity contribution is 0.439. The number of nitrogens with one attached hydrogen (secondary N) is 3. The van der Waals surface area contributed by atoms with Gasteiger partial charge in [-0.15, -0.1) is 12.6 Å². The maximum atomic E-state index is 7.57. The average Bonchev–Trinajstić information content (AvgIpc) is 3.36. The Morgan fingerprint density at radius 2 is 2.09 bits per heavy atom. The number of hydrogen-bond donors (Lipinski definition) is 4. The van der Waals surface area contributed by atoms with Crippen LogP contribution in [0.4, 0.5) is 5.82 Å². The molecule has 3 rings (SSSR count). The monoisotopic (exact) mass is 481 g/mol. The van der Waals surface area contributed by atoms with E-state index in [1.54, 1.807) is 6.92 Å². The van der Waals surface area contributed by atoms with Crippen LogP contribution in [0, 0.1) is 18.3 Å². The van der Waals surface area contributed by atoms with E-state index in [4.69, 9.17) is 10.4 Å². The van der Waals surface area contributed by atoms with Gasteiger partial charge in [0.15, 0.2) is 5.82 Å². The molecule has 0 bridgehead atoms. The van der Waals surface area contributed by atoms with E-state index < -0.39 is 0 Å². The summed E-state index contributed by atoms with van der Waals surface area (Å²) in [5.74, 6) is 2.40. The van der Waals surface area contributed by atoms with Crippen LogP contribution in [0.25, 0.3) is 11.5 Å². The van der Waals surface area contributed by atoms with Crippen LogP contribution in [0.15, 0.2) is 42.1 Å². The molecule has 0 aromatic carbocycles. The van der Waals surface area contributed by atoms with Crippen LogP contribution in [0.2, 0.25) is 0 Å². The van der Waals surface area contributed by atoms with Crippen molar-refractivity contribution in [2.45, 2.75) is 58.9 Å². The average molecular weight is 482 g/mol. The van der Waals surface area contributed by atoms with Crippen molar-refractivity contribution in [1.82, 2.24) is 25.4 Å². The van der Waals surface area contributed by atoms with Crippen molar-refractivity contribution in [1.29, 1.82) is 5.41 Å². The van der Waals surface area contributed by atoms with Crippen LogP contribution < -0.4 is 15.5 Å². The molecule has 0 amide bonds. The maximum absolute atomic E-state index is 7.57. The van der Waals surface area contributed by atoms with Gasteiger partial charge in [-0.3, -0.25) is 0 Å². The summed E-state index contributed by atoms with van der Waals surface area (Å²) in [5, 5.41) is 18.6. The van der Waals surface area contributed by atoms with Crippen LogP contribution in [0.1, 0.15) is 57.7 Å². The normalized spacial score (nSPS) is 17.6. The van der Waals surface area contributed by atoms with Gasteiger partial charge in [-0.1, -0.05) is 13.0 Å². The van der Waals surface area contributed by atoms with Crippen molar-refractivity contribution in [2.24, 2.45) is 5.92 Å². The van der Waals surface area contributed by atoms with Crippen LogP contribution in [0.5, 0.6) is 0 Å². The molecule has 3 N–H and O–H groups in total. The van der Waals surface area contributed by atoms with Gasteiger partial charge in [0.1, 0.15) is 5.82 Å². The van der Waals surface area contributed by atoms with Gasteiger partial charge in [0.2, 0.25) is 0 Å². The topological polar surface area (TPSA) is 81.9 Å². The largest absolute Gasteiger partial charge is 0.390 e. The molecule has 0 radical (unpaired) electrons. The third kappa shape index (κ3) is 6.23. The van der Waals surface area contributed by atoms with E-state index in [1.807, 2.05) is 43.2 Å². The highest BCUT2D eigenvalue weighted by molar-refractivity contribution is 7.85. The lowest BCUT2D eigenvalue weighted by atomic mass is 9.93. The molecule has 1 unspecified atom stereocenters. The maximum Gasteiger partial charge on any atom is 0.155 e. The zero-order chi connectivity index (χ0) is 24.9. The minimum atomic E-state index is 0.00248. The van der Waals surface area contributed by atoms with Gasteiger partial charge in [0.25, 0.3) is 0 Å². The first kappa shape index (κ1) is 25.9. The first-order chi connectivity index (χ1) is 16.1. The summed E-state index contributed by atoms with van der Waals surface area (Å²) in [6.07, 6.45) is 8.35. The summed E-state index contributed by atoms with van der Waals surface area (Å²) >= 11 is 4.29. The minimum Gasteiger partial charge on any atom is -0.390 e. The first-order valence-corrected chi connectivity index (χ1v) is 12.4. The van der Waals surface area contributed by atoms with E-state index in [9.17, 15) is 0 Å². The quantitative estimate of drug-likeness (QED) is 0.208. The lowest BCUT2D eigenvalue weighted by Crippen LogP contribution is -2.39. The number of allylic oxidation sites excluding steroid dienone is 1. The first-order valence-electron chi connectivity index (χ1n) is 12.0. The molecule has 2 aromatic rings. The number of unbranched alkanes of at least 4 members (excludes halogenated alkanes) is 1. The Hall–Kier alpha value is -2.74. The Kier molecular flexibility index (Phi) is 8.47. The zero-order valence-corrected chi connectivity index (χ0v) is 22.0. The number of rotatable bonds is 11. The molecule has 1 fully saturated rings. The second kappa shape index (κ2) is 11.1. The number of pyridine rings is 1. The summed E-state index contributed by atoms with van der Waals surface area (Å²) < 4.78 is 1.84. The van der Waals surface area contributed by atoms with Crippen molar-refractivity contribution in [3.63, 3.8) is 0 Å². The Bertz CT molecular complexity index is 1050. The van der Waals surface area contributed by atoms with Crippen molar-refractivity contribution in [3.05, 3.63) is 53.3 Å². The fourth-order valence-electron chi connectivity index (χ4n) is 4.57. The number of aryl methyl sites for hydroxylation is 1. The van der Waals surface area contributed by atoms with Gasteiger partial charge in [-0.05, 0) is 71.1 Å². The molecule has 0 saturated carbocycles. The fraction of sp³-hybridized carbons (Fsp3) is 0.500. The smallest absolute Gasteiger partial charge is 0.155 e. The van der Waals surface area contributed by atoms with Crippen LogP contribution >= 0.6 is 12.6 Å². The number of nitrogens with zero attached hydrogens (tertiary/aromatic N) is 4. The summed E-state index contributed by atoms with van der Waals surface area (Å²) in [7, 11) is 1.90. The summed E-state index contributed by atoms with van der Waals surface area (Å²) in [6.45, 7) is 14.4. The third-order valence-electron chi connectivity index (χ3n) is 6.47. The Labute approximate surface area is 209 Å². The molecule has 0 aliphatic carbocycles. The predicted molar refractivity (Wildman–Crippen MR) is 146 cm³/mol. The Morgan fingerprint density at radius 3 is 2.74 bits per heavy atom. The molecular weight excluding hydrogens is 442 g/mol. The van der Waals surface area contributed by atoms with Crippen molar-refractivity contribution < 1.29 is 0 Å². The van der Waals surface area contributed by atoms with Crippen LogP contribution in [-0.4, -0.2) is 46.2 Å². The SMILES string of the molecule is C=C(NC)c1ccc(-n2ccc(C)n2)nc1N1CC(CCCCN/C=C(/S)C(C)=N)CC1(C)C. The van der Waals surface area contributed by atoms with Crippen molar-refractivity contribution >= 4 is 29.9 Å². The number of hydrogen-bond acceptors (Lipinski definition) is 7. The van der Waals surface area contributed by atoms with Gasteiger partial charge >= 0.3 is 0 Å². The second-order valence-corrected chi connectivity index (χ2v) is 10.3.